The summed E-state index contributed by atoms with van der Waals surface area (Å²) >= 11 is 1.70. The molecule has 1 fully saturated rings. The first kappa shape index (κ1) is 10.8. The third-order valence-electron chi connectivity index (χ3n) is 3.02. The Morgan fingerprint density at radius 2 is 2.27 bits per heavy atom. The van der Waals surface area contributed by atoms with E-state index in [1.807, 2.05) is 11.7 Å². The molecule has 0 bridgehead atoms. The number of Topliss-reactive ketones (excluding diaryl/α,β-unsaturated/α-hetero) is 1. The normalized spacial score (nSPS) is 18.7. The molecule has 0 aromatic carbocycles. The summed E-state index contributed by atoms with van der Waals surface area (Å²) in [7, 11) is 2.14. The van der Waals surface area contributed by atoms with Gasteiger partial charge in [-0.1, -0.05) is 0 Å². The van der Waals surface area contributed by atoms with Crippen LogP contribution >= 0.6 is 11.3 Å². The molecule has 1 aromatic rings. The number of rotatable bonds is 3. The minimum absolute atomic E-state index is 0.428. The summed E-state index contributed by atoms with van der Waals surface area (Å²) in [5, 5.41) is 0. The van der Waals surface area contributed by atoms with E-state index >= 15 is 0 Å². The molecule has 0 amide bonds. The minimum atomic E-state index is 0.428. The quantitative estimate of drug-likeness (QED) is 0.788. The summed E-state index contributed by atoms with van der Waals surface area (Å²) in [5.41, 5.74) is 1.87. The predicted molar refractivity (Wildman–Crippen MR) is 60.8 cm³/mol. The van der Waals surface area contributed by atoms with E-state index in [0.717, 1.165) is 32.2 Å². The highest BCUT2D eigenvalue weighted by Gasteiger charge is 2.22. The molecule has 1 aliphatic rings. The summed E-state index contributed by atoms with van der Waals surface area (Å²) in [5.74, 6) is 0.428. The van der Waals surface area contributed by atoms with Crippen LogP contribution in [0.4, 0.5) is 0 Å². The molecule has 0 N–H and O–H groups in total. The molecular formula is C11H16N2OS. The Hall–Kier alpha value is -0.740. The fourth-order valence-corrected chi connectivity index (χ4v) is 2.72. The van der Waals surface area contributed by atoms with E-state index in [1.54, 1.807) is 11.3 Å². The highest BCUT2D eigenvalue weighted by molar-refractivity contribution is 7.09. The molecule has 0 atom stereocenters. The predicted octanol–water partition coefficient (Wildman–Crippen LogP) is 2.09. The van der Waals surface area contributed by atoms with E-state index in [0.29, 0.717) is 11.8 Å². The fourth-order valence-electron chi connectivity index (χ4n) is 2.06. The second-order valence-corrected chi connectivity index (χ2v) is 5.12. The van der Waals surface area contributed by atoms with Gasteiger partial charge in [0.2, 0.25) is 0 Å². The Balaban J connectivity index is 1.85. The molecule has 2 rings (SSSR count). The van der Waals surface area contributed by atoms with E-state index in [2.05, 4.69) is 16.9 Å². The van der Waals surface area contributed by atoms with Gasteiger partial charge >= 0.3 is 0 Å². The lowest BCUT2D eigenvalue weighted by molar-refractivity contribution is -0.121. The van der Waals surface area contributed by atoms with E-state index in [1.165, 1.54) is 4.88 Å². The molecule has 1 saturated carbocycles. The van der Waals surface area contributed by atoms with Crippen molar-refractivity contribution in [3.63, 3.8) is 0 Å². The molecule has 1 heterocycles. The van der Waals surface area contributed by atoms with Crippen molar-refractivity contribution in [3.05, 3.63) is 16.6 Å². The summed E-state index contributed by atoms with van der Waals surface area (Å²) in [6, 6.07) is 0.574. The highest BCUT2D eigenvalue weighted by atomic mass is 32.1. The lowest BCUT2D eigenvalue weighted by Crippen LogP contribution is -2.34. The Labute approximate surface area is 94.1 Å². The van der Waals surface area contributed by atoms with Crippen molar-refractivity contribution in [2.45, 2.75) is 38.3 Å². The molecule has 4 heteroatoms. The van der Waals surface area contributed by atoms with E-state index < -0.39 is 0 Å². The Morgan fingerprint density at radius 3 is 2.87 bits per heavy atom. The summed E-state index contributed by atoms with van der Waals surface area (Å²) < 4.78 is 0. The van der Waals surface area contributed by atoms with Gasteiger partial charge in [0.05, 0.1) is 5.51 Å². The molecule has 1 aromatic heterocycles. The van der Waals surface area contributed by atoms with Crippen LogP contribution in [-0.2, 0) is 11.3 Å². The number of aromatic nitrogens is 1. The second kappa shape index (κ2) is 4.86. The van der Waals surface area contributed by atoms with E-state index in [4.69, 9.17) is 0 Å². The van der Waals surface area contributed by atoms with Gasteiger partial charge in [-0.2, -0.15) is 0 Å². The van der Waals surface area contributed by atoms with Crippen LogP contribution in [0.25, 0.3) is 0 Å². The van der Waals surface area contributed by atoms with Gasteiger partial charge in [-0.15, -0.1) is 11.3 Å². The van der Waals surface area contributed by atoms with E-state index in [9.17, 15) is 4.79 Å². The van der Waals surface area contributed by atoms with Crippen molar-refractivity contribution < 1.29 is 4.79 Å². The second-order valence-electron chi connectivity index (χ2n) is 4.15. The van der Waals surface area contributed by atoms with Crippen molar-refractivity contribution in [3.8, 4) is 0 Å². The molecule has 3 nitrogen and oxygen atoms in total. The van der Waals surface area contributed by atoms with Gasteiger partial charge in [0.15, 0.2) is 0 Å². The molecule has 0 aliphatic heterocycles. The number of carbonyl (C=O) groups excluding carboxylic acids is 1. The maximum absolute atomic E-state index is 11.1. The Bertz CT molecular complexity index is 313. The zero-order chi connectivity index (χ0) is 10.7. The summed E-state index contributed by atoms with van der Waals surface area (Å²) in [4.78, 5) is 18.8. The van der Waals surface area contributed by atoms with Gasteiger partial charge in [0.25, 0.3) is 0 Å². The molecule has 82 valence electrons. The van der Waals surface area contributed by atoms with Crippen molar-refractivity contribution in [2.75, 3.05) is 7.05 Å². The topological polar surface area (TPSA) is 33.2 Å². The van der Waals surface area contributed by atoms with Crippen LogP contribution in [0.3, 0.4) is 0 Å². The number of ketones is 1. The lowest BCUT2D eigenvalue weighted by atomic mass is 9.93. The first-order valence-electron chi connectivity index (χ1n) is 5.35. The first-order valence-corrected chi connectivity index (χ1v) is 6.23. The third-order valence-corrected chi connectivity index (χ3v) is 3.79. The van der Waals surface area contributed by atoms with Crippen molar-refractivity contribution >= 4 is 17.1 Å². The zero-order valence-electron chi connectivity index (χ0n) is 8.98. The average molecular weight is 224 g/mol. The number of hydrogen-bond donors (Lipinski definition) is 0. The summed E-state index contributed by atoms with van der Waals surface area (Å²) in [6.45, 7) is 0.962. The van der Waals surface area contributed by atoms with Gasteiger partial charge in [0.1, 0.15) is 5.78 Å². The lowest BCUT2D eigenvalue weighted by Gasteiger charge is -2.30. The van der Waals surface area contributed by atoms with E-state index in [-0.39, 0.29) is 0 Å². The van der Waals surface area contributed by atoms with Crippen LogP contribution in [-0.4, -0.2) is 28.8 Å². The Kier molecular flexibility index (Phi) is 3.49. The van der Waals surface area contributed by atoms with Gasteiger partial charge in [0, 0.05) is 36.5 Å². The maximum Gasteiger partial charge on any atom is 0.133 e. The summed E-state index contributed by atoms with van der Waals surface area (Å²) in [6.07, 6.45) is 5.49. The van der Waals surface area contributed by atoms with Crippen LogP contribution in [0.5, 0.6) is 0 Å². The smallest absolute Gasteiger partial charge is 0.133 e. The average Bonchev–Trinajstić information content (AvgIpc) is 2.71. The standard InChI is InChI=1S/C11H16N2OS/c1-13(7-11-6-12-8-15-11)9-2-4-10(14)5-3-9/h6,8-9H,2-5,7H2,1H3. The minimum Gasteiger partial charge on any atom is -0.300 e. The third kappa shape index (κ3) is 2.86. The molecule has 0 spiro atoms. The maximum atomic E-state index is 11.1. The fraction of sp³-hybridized carbons (Fsp3) is 0.636. The largest absolute Gasteiger partial charge is 0.300 e. The zero-order valence-corrected chi connectivity index (χ0v) is 9.80. The highest BCUT2D eigenvalue weighted by Crippen LogP contribution is 2.21. The van der Waals surface area contributed by atoms with Crippen LogP contribution < -0.4 is 0 Å². The van der Waals surface area contributed by atoms with Gasteiger partial charge < -0.3 is 0 Å². The number of hydrogen-bond acceptors (Lipinski definition) is 4. The number of thiazole rings is 1. The molecule has 0 radical (unpaired) electrons. The van der Waals surface area contributed by atoms with Crippen molar-refractivity contribution in [1.29, 1.82) is 0 Å². The van der Waals surface area contributed by atoms with Crippen LogP contribution in [0.1, 0.15) is 30.6 Å². The van der Waals surface area contributed by atoms with Crippen LogP contribution in [0.15, 0.2) is 11.7 Å². The molecule has 0 saturated heterocycles. The molecule has 0 unspecified atom stereocenters. The number of nitrogens with zero attached hydrogens (tertiary/aromatic N) is 2. The van der Waals surface area contributed by atoms with Crippen LogP contribution in [0.2, 0.25) is 0 Å². The Morgan fingerprint density at radius 1 is 1.53 bits per heavy atom. The SMILES string of the molecule is CN(Cc1cncs1)C1CCC(=O)CC1. The van der Waals surface area contributed by atoms with Gasteiger partial charge in [-0.25, -0.2) is 0 Å². The van der Waals surface area contributed by atoms with Gasteiger partial charge in [-0.3, -0.25) is 14.7 Å². The van der Waals surface area contributed by atoms with Crippen molar-refractivity contribution in [1.82, 2.24) is 9.88 Å². The number of carbonyl (C=O) groups is 1. The molecular weight excluding hydrogens is 208 g/mol. The first-order chi connectivity index (χ1) is 7.25. The molecule has 1 aliphatic carbocycles. The van der Waals surface area contributed by atoms with Crippen LogP contribution in [0, 0.1) is 0 Å². The van der Waals surface area contributed by atoms with Crippen molar-refractivity contribution in [2.24, 2.45) is 0 Å². The molecule has 15 heavy (non-hydrogen) atoms. The van der Waals surface area contributed by atoms with Gasteiger partial charge in [-0.05, 0) is 19.9 Å². The monoisotopic (exact) mass is 224 g/mol.